The standard InChI is InChI=1S/C22H22F5N7O/c1-32-6-5-16(22(26,27)10-32)29-21-30-20(35-2)19-18(13(23)8-34(19)31-21)12-3-4-14-15(7-12)33(11-28-14)9-17(24)25/h3-4,7-8,11,16-17H,5-6,9-10H2,1-2H3,(H,29,31)/t16-/m1/s1. The maximum Gasteiger partial charge on any atom is 0.280 e. The van der Waals surface area contributed by atoms with Gasteiger partial charge in [-0.3, -0.25) is 0 Å². The monoisotopic (exact) mass is 495 g/mol. The molecule has 35 heavy (non-hydrogen) atoms. The van der Waals surface area contributed by atoms with Gasteiger partial charge in [0.2, 0.25) is 11.8 Å². The van der Waals surface area contributed by atoms with E-state index >= 15 is 4.39 Å². The van der Waals surface area contributed by atoms with Gasteiger partial charge in [-0.05, 0) is 31.2 Å². The van der Waals surface area contributed by atoms with Crippen molar-refractivity contribution in [1.82, 2.24) is 29.0 Å². The van der Waals surface area contributed by atoms with Crippen molar-refractivity contribution in [1.29, 1.82) is 0 Å². The number of benzene rings is 1. The van der Waals surface area contributed by atoms with Gasteiger partial charge in [-0.25, -0.2) is 31.5 Å². The van der Waals surface area contributed by atoms with Crippen LogP contribution >= 0.6 is 0 Å². The summed E-state index contributed by atoms with van der Waals surface area (Å²) in [4.78, 5) is 9.86. The molecular formula is C22H22F5N7O. The number of hydrogen-bond donors (Lipinski definition) is 1. The largest absolute Gasteiger partial charge is 0.479 e. The number of likely N-dealkylation sites (tertiary alicyclic amines) is 1. The second-order valence-corrected chi connectivity index (χ2v) is 8.57. The molecule has 0 bridgehead atoms. The summed E-state index contributed by atoms with van der Waals surface area (Å²) < 4.78 is 77.9. The fraction of sp³-hybridized carbons (Fsp3) is 0.409. The van der Waals surface area contributed by atoms with Crippen molar-refractivity contribution in [2.24, 2.45) is 0 Å². The van der Waals surface area contributed by atoms with Crippen LogP contribution in [0.3, 0.4) is 0 Å². The maximum absolute atomic E-state index is 15.2. The summed E-state index contributed by atoms with van der Waals surface area (Å²) in [5.41, 5.74) is 1.52. The van der Waals surface area contributed by atoms with E-state index in [2.05, 4.69) is 20.4 Å². The van der Waals surface area contributed by atoms with Crippen LogP contribution < -0.4 is 10.1 Å². The minimum absolute atomic E-state index is 0.0289. The third-order valence-electron chi connectivity index (χ3n) is 6.08. The minimum atomic E-state index is -3.01. The zero-order valence-corrected chi connectivity index (χ0v) is 18.9. The van der Waals surface area contributed by atoms with E-state index in [-0.39, 0.29) is 29.3 Å². The number of nitrogens with one attached hydrogen (secondary N) is 1. The summed E-state index contributed by atoms with van der Waals surface area (Å²) in [6, 6.07) is 3.55. The van der Waals surface area contributed by atoms with Crippen LogP contribution in [0.25, 0.3) is 27.7 Å². The summed E-state index contributed by atoms with van der Waals surface area (Å²) in [5.74, 6) is -3.84. The molecule has 0 radical (unpaired) electrons. The molecule has 1 atom stereocenters. The van der Waals surface area contributed by atoms with Gasteiger partial charge in [0.05, 0.1) is 55.4 Å². The number of anilines is 1. The molecule has 1 aliphatic heterocycles. The minimum Gasteiger partial charge on any atom is -0.479 e. The molecule has 1 aliphatic rings. The van der Waals surface area contributed by atoms with Crippen molar-refractivity contribution < 1.29 is 26.7 Å². The average molecular weight is 495 g/mol. The molecule has 186 valence electrons. The predicted octanol–water partition coefficient (Wildman–Crippen LogP) is 3.91. The van der Waals surface area contributed by atoms with E-state index in [9.17, 15) is 17.6 Å². The Morgan fingerprint density at radius 1 is 1.29 bits per heavy atom. The van der Waals surface area contributed by atoms with Crippen molar-refractivity contribution in [3.05, 3.63) is 36.5 Å². The smallest absolute Gasteiger partial charge is 0.280 e. The highest BCUT2D eigenvalue weighted by Gasteiger charge is 2.44. The molecule has 13 heteroatoms. The van der Waals surface area contributed by atoms with Crippen molar-refractivity contribution >= 4 is 22.5 Å². The Morgan fingerprint density at radius 2 is 2.09 bits per heavy atom. The molecule has 1 N–H and O–H groups in total. The Kier molecular flexibility index (Phi) is 5.74. The van der Waals surface area contributed by atoms with Crippen LogP contribution in [0.15, 0.2) is 30.7 Å². The number of alkyl halides is 4. The molecule has 0 unspecified atom stereocenters. The zero-order chi connectivity index (χ0) is 24.9. The van der Waals surface area contributed by atoms with Gasteiger partial charge in [-0.1, -0.05) is 6.07 Å². The summed E-state index contributed by atoms with van der Waals surface area (Å²) in [7, 11) is 2.95. The number of piperidine rings is 1. The lowest BCUT2D eigenvalue weighted by atomic mass is 10.0. The van der Waals surface area contributed by atoms with Gasteiger partial charge in [0.15, 0.2) is 5.82 Å². The Balaban J connectivity index is 1.56. The molecule has 1 aromatic carbocycles. The highest BCUT2D eigenvalue weighted by Crippen LogP contribution is 2.36. The lowest BCUT2D eigenvalue weighted by Gasteiger charge is -2.36. The van der Waals surface area contributed by atoms with Gasteiger partial charge in [0.1, 0.15) is 5.52 Å². The normalized spacial score (nSPS) is 18.6. The van der Waals surface area contributed by atoms with Crippen molar-refractivity contribution in [2.75, 3.05) is 32.6 Å². The Morgan fingerprint density at radius 3 is 2.80 bits per heavy atom. The first-order valence-electron chi connectivity index (χ1n) is 10.9. The lowest BCUT2D eigenvalue weighted by molar-refractivity contribution is -0.0675. The van der Waals surface area contributed by atoms with Crippen molar-refractivity contribution in [3.63, 3.8) is 0 Å². The summed E-state index contributed by atoms with van der Waals surface area (Å²) >= 11 is 0. The number of nitrogens with zero attached hydrogens (tertiary/aromatic N) is 6. The molecule has 3 aromatic heterocycles. The fourth-order valence-electron chi connectivity index (χ4n) is 4.45. The topological polar surface area (TPSA) is 72.5 Å². The lowest BCUT2D eigenvalue weighted by Crippen LogP contribution is -2.53. The summed E-state index contributed by atoms with van der Waals surface area (Å²) in [6.45, 7) is -0.488. The highest BCUT2D eigenvalue weighted by molar-refractivity contribution is 5.90. The molecule has 0 saturated carbocycles. The number of methoxy groups -OCH3 is 1. The second kappa shape index (κ2) is 8.63. The first-order valence-corrected chi connectivity index (χ1v) is 10.9. The SMILES string of the molecule is COc1nc(N[C@@H]2CCN(C)CC2(F)F)nn2cc(F)c(-c3ccc4ncn(CC(F)F)c4c3)c12. The quantitative estimate of drug-likeness (QED) is 0.409. The number of halogens is 5. The van der Waals surface area contributed by atoms with Crippen LogP contribution in [0.1, 0.15) is 6.42 Å². The molecular weight excluding hydrogens is 473 g/mol. The van der Waals surface area contributed by atoms with Crippen LogP contribution in [-0.2, 0) is 6.54 Å². The average Bonchev–Trinajstić information content (AvgIpc) is 3.33. The van der Waals surface area contributed by atoms with E-state index in [1.165, 1.54) is 22.5 Å². The van der Waals surface area contributed by atoms with Gasteiger partial charge in [0, 0.05) is 6.54 Å². The van der Waals surface area contributed by atoms with Gasteiger partial charge in [-0.2, -0.15) is 4.98 Å². The third-order valence-corrected chi connectivity index (χ3v) is 6.08. The number of imidazole rings is 1. The molecule has 0 aliphatic carbocycles. The van der Waals surface area contributed by atoms with Gasteiger partial charge in [0.25, 0.3) is 12.3 Å². The van der Waals surface area contributed by atoms with E-state index in [1.54, 1.807) is 30.1 Å². The van der Waals surface area contributed by atoms with E-state index in [0.717, 1.165) is 6.20 Å². The Labute approximate surface area is 196 Å². The number of rotatable bonds is 6. The highest BCUT2D eigenvalue weighted by atomic mass is 19.3. The first kappa shape index (κ1) is 23.3. The number of ether oxygens (including phenoxy) is 1. The van der Waals surface area contributed by atoms with Crippen LogP contribution in [0.2, 0.25) is 0 Å². The van der Waals surface area contributed by atoms with Gasteiger partial charge in [-0.15, -0.1) is 5.10 Å². The molecule has 4 aromatic rings. The van der Waals surface area contributed by atoms with E-state index in [1.807, 2.05) is 0 Å². The number of aromatic nitrogens is 5. The fourth-order valence-corrected chi connectivity index (χ4v) is 4.45. The van der Waals surface area contributed by atoms with Crippen LogP contribution in [0, 0.1) is 5.82 Å². The molecule has 8 nitrogen and oxygen atoms in total. The first-order chi connectivity index (χ1) is 16.7. The molecule has 4 heterocycles. The third kappa shape index (κ3) is 4.24. The molecule has 1 saturated heterocycles. The Bertz CT molecular complexity index is 1390. The van der Waals surface area contributed by atoms with E-state index < -0.39 is 37.3 Å². The number of hydrogen-bond acceptors (Lipinski definition) is 6. The Hall–Kier alpha value is -3.48. The summed E-state index contributed by atoms with van der Waals surface area (Å²) in [5, 5.41) is 6.86. The maximum atomic E-state index is 15.2. The van der Waals surface area contributed by atoms with Crippen molar-refractivity contribution in [2.45, 2.75) is 31.4 Å². The predicted molar refractivity (Wildman–Crippen MR) is 119 cm³/mol. The van der Waals surface area contributed by atoms with Gasteiger partial charge >= 0.3 is 0 Å². The van der Waals surface area contributed by atoms with Crippen molar-refractivity contribution in [3.8, 4) is 17.0 Å². The summed E-state index contributed by atoms with van der Waals surface area (Å²) in [6.07, 6.45) is -0.0208. The molecule has 0 amide bonds. The van der Waals surface area contributed by atoms with Gasteiger partial charge < -0.3 is 19.5 Å². The van der Waals surface area contributed by atoms with Crippen LogP contribution in [0.5, 0.6) is 5.88 Å². The van der Waals surface area contributed by atoms with E-state index in [0.29, 0.717) is 23.1 Å². The molecule has 5 rings (SSSR count). The number of fused-ring (bicyclic) bond motifs is 2. The second-order valence-electron chi connectivity index (χ2n) is 8.57. The van der Waals surface area contributed by atoms with E-state index in [4.69, 9.17) is 4.74 Å². The molecule has 0 spiro atoms. The van der Waals surface area contributed by atoms with Crippen LogP contribution in [0.4, 0.5) is 27.9 Å². The van der Waals surface area contributed by atoms with Crippen LogP contribution in [-0.4, -0.2) is 74.7 Å². The molecule has 1 fully saturated rings. The zero-order valence-electron chi connectivity index (χ0n) is 18.9.